The van der Waals surface area contributed by atoms with Crippen LogP contribution in [-0.2, 0) is 14.8 Å². The molecule has 27 heavy (non-hydrogen) atoms. The van der Waals surface area contributed by atoms with Crippen LogP contribution in [0.4, 0.5) is 5.69 Å². The van der Waals surface area contributed by atoms with Crippen molar-refractivity contribution in [3.05, 3.63) is 59.7 Å². The summed E-state index contributed by atoms with van der Waals surface area (Å²) in [4.78, 5) is 22.1. The second-order valence-corrected chi connectivity index (χ2v) is 7.37. The van der Waals surface area contributed by atoms with E-state index in [4.69, 9.17) is 15.6 Å². The van der Waals surface area contributed by atoms with Gasteiger partial charge in [0.25, 0.3) is 15.9 Å². The van der Waals surface area contributed by atoms with Gasteiger partial charge in [-0.3, -0.25) is 9.10 Å². The summed E-state index contributed by atoms with van der Waals surface area (Å²) in [6.07, 6.45) is 2.16. The van der Waals surface area contributed by atoms with Crippen LogP contribution in [0.25, 0.3) is 6.08 Å². The lowest BCUT2D eigenvalue weighted by Crippen LogP contribution is -2.29. The number of aliphatic carboxylic acids is 1. The van der Waals surface area contributed by atoms with Crippen LogP contribution in [0.15, 0.2) is 53.4 Å². The number of primary amides is 1. The first-order valence-electron chi connectivity index (χ1n) is 7.65. The summed E-state index contributed by atoms with van der Waals surface area (Å²) in [7, 11) is -1.53. The molecule has 142 valence electrons. The molecule has 0 unspecified atom stereocenters. The molecule has 0 heterocycles. The predicted molar refractivity (Wildman–Crippen MR) is 100 cm³/mol. The fraction of sp³-hybridized carbons (Fsp3) is 0.111. The topological polar surface area (TPSA) is 127 Å². The van der Waals surface area contributed by atoms with Crippen molar-refractivity contribution in [1.29, 1.82) is 0 Å². The Morgan fingerprint density at radius 3 is 2.44 bits per heavy atom. The highest BCUT2D eigenvalue weighted by atomic mass is 32.2. The van der Waals surface area contributed by atoms with Crippen molar-refractivity contribution in [2.45, 2.75) is 4.90 Å². The minimum atomic E-state index is -4.13. The summed E-state index contributed by atoms with van der Waals surface area (Å²) < 4.78 is 32.3. The molecular formula is C18H18N2O6S. The van der Waals surface area contributed by atoms with Gasteiger partial charge in [-0.2, -0.15) is 0 Å². The maximum absolute atomic E-state index is 13.1. The third-order valence-corrected chi connectivity index (χ3v) is 5.55. The smallest absolute Gasteiger partial charge is 0.328 e. The Balaban J connectivity index is 2.60. The number of nitrogens with two attached hydrogens (primary N) is 1. The Kier molecular flexibility index (Phi) is 5.86. The van der Waals surface area contributed by atoms with Gasteiger partial charge in [0.2, 0.25) is 0 Å². The van der Waals surface area contributed by atoms with Gasteiger partial charge in [0.15, 0.2) is 0 Å². The van der Waals surface area contributed by atoms with Crippen LogP contribution in [0.2, 0.25) is 0 Å². The van der Waals surface area contributed by atoms with Crippen molar-refractivity contribution in [2.24, 2.45) is 5.73 Å². The number of anilines is 1. The Hall–Kier alpha value is -3.33. The molecule has 0 saturated carbocycles. The fourth-order valence-electron chi connectivity index (χ4n) is 2.40. The van der Waals surface area contributed by atoms with E-state index in [0.717, 1.165) is 10.4 Å². The van der Waals surface area contributed by atoms with Gasteiger partial charge in [-0.15, -0.1) is 0 Å². The highest BCUT2D eigenvalue weighted by Gasteiger charge is 2.27. The number of ether oxygens (including phenoxy) is 1. The zero-order valence-electron chi connectivity index (χ0n) is 14.6. The van der Waals surface area contributed by atoms with E-state index in [1.165, 1.54) is 50.6 Å². The third kappa shape index (κ3) is 4.26. The Morgan fingerprint density at radius 1 is 1.19 bits per heavy atom. The van der Waals surface area contributed by atoms with Crippen LogP contribution in [0.3, 0.4) is 0 Å². The summed E-state index contributed by atoms with van der Waals surface area (Å²) in [5, 5.41) is 8.74. The van der Waals surface area contributed by atoms with E-state index in [9.17, 15) is 18.0 Å². The minimum Gasteiger partial charge on any atom is -0.495 e. The number of sulfonamides is 1. The quantitative estimate of drug-likeness (QED) is 0.693. The van der Waals surface area contributed by atoms with Crippen LogP contribution < -0.4 is 14.8 Å². The van der Waals surface area contributed by atoms with E-state index in [2.05, 4.69) is 0 Å². The number of amides is 1. The number of hydrogen-bond acceptors (Lipinski definition) is 5. The molecule has 0 aliphatic rings. The minimum absolute atomic E-state index is 0.0458. The number of carboxylic acid groups (broad SMARTS) is 1. The van der Waals surface area contributed by atoms with Crippen LogP contribution in [0.1, 0.15) is 15.9 Å². The van der Waals surface area contributed by atoms with E-state index in [0.29, 0.717) is 5.56 Å². The molecule has 0 bridgehead atoms. The maximum Gasteiger partial charge on any atom is 0.328 e. The first kappa shape index (κ1) is 20.0. The lowest BCUT2D eigenvalue weighted by atomic mass is 10.2. The zero-order chi connectivity index (χ0) is 20.2. The van der Waals surface area contributed by atoms with Crippen LogP contribution in [-0.4, -0.2) is 39.6 Å². The van der Waals surface area contributed by atoms with E-state index in [1.807, 2.05) is 0 Å². The van der Waals surface area contributed by atoms with Gasteiger partial charge < -0.3 is 15.6 Å². The molecular weight excluding hydrogens is 372 g/mol. The Labute approximate surface area is 156 Å². The summed E-state index contributed by atoms with van der Waals surface area (Å²) in [6.45, 7) is 0. The fourth-order valence-corrected chi connectivity index (χ4v) is 3.80. The number of methoxy groups -OCH3 is 1. The van der Waals surface area contributed by atoms with Crippen LogP contribution in [0, 0.1) is 0 Å². The molecule has 0 saturated heterocycles. The Morgan fingerprint density at radius 2 is 1.85 bits per heavy atom. The molecule has 1 amide bonds. The molecule has 2 aromatic carbocycles. The van der Waals surface area contributed by atoms with Crippen molar-refractivity contribution < 1.29 is 27.9 Å². The number of carbonyl (C=O) groups is 2. The largest absolute Gasteiger partial charge is 0.495 e. The molecule has 0 aromatic heterocycles. The van der Waals surface area contributed by atoms with E-state index in [-0.39, 0.29) is 21.9 Å². The summed E-state index contributed by atoms with van der Waals surface area (Å²) in [5.74, 6) is -1.86. The molecule has 0 atom stereocenters. The molecule has 2 rings (SSSR count). The molecule has 0 aliphatic heterocycles. The zero-order valence-corrected chi connectivity index (χ0v) is 15.4. The monoisotopic (exact) mass is 390 g/mol. The number of nitrogens with zero attached hydrogens (tertiary/aromatic N) is 1. The maximum atomic E-state index is 13.1. The van der Waals surface area contributed by atoms with Crippen LogP contribution in [0.5, 0.6) is 5.75 Å². The van der Waals surface area contributed by atoms with Gasteiger partial charge in [0.1, 0.15) is 10.6 Å². The molecule has 3 N–H and O–H groups in total. The molecule has 8 nitrogen and oxygen atoms in total. The van der Waals surface area contributed by atoms with Gasteiger partial charge in [-0.1, -0.05) is 18.2 Å². The van der Waals surface area contributed by atoms with Crippen molar-refractivity contribution in [1.82, 2.24) is 0 Å². The van der Waals surface area contributed by atoms with Crippen molar-refractivity contribution in [3.63, 3.8) is 0 Å². The summed E-state index contributed by atoms with van der Waals surface area (Å²) >= 11 is 0. The van der Waals surface area contributed by atoms with Gasteiger partial charge in [-0.05, 0) is 35.9 Å². The third-order valence-electron chi connectivity index (χ3n) is 3.75. The molecule has 0 radical (unpaired) electrons. The standard InChI is InChI=1S/C18H18N2O6S/c1-20(14-6-4-3-5-13(14)18(19)23)27(24,25)16-11-12(8-10-17(21)22)7-9-15(16)26-2/h3-11H,1-2H3,(H2,19,23)(H,21,22)/b10-8-. The average Bonchev–Trinajstić information content (AvgIpc) is 2.65. The number of hydrogen-bond donors (Lipinski definition) is 2. The molecule has 9 heteroatoms. The second kappa shape index (κ2) is 7.92. The predicted octanol–water partition coefficient (Wildman–Crippen LogP) is 1.72. The number of rotatable bonds is 7. The molecule has 0 aliphatic carbocycles. The van der Waals surface area contributed by atoms with Gasteiger partial charge in [0, 0.05) is 13.1 Å². The molecule has 2 aromatic rings. The first-order chi connectivity index (χ1) is 12.7. The lowest BCUT2D eigenvalue weighted by molar-refractivity contribution is -0.131. The summed E-state index contributed by atoms with van der Waals surface area (Å²) in [6, 6.07) is 10.3. The second-order valence-electron chi connectivity index (χ2n) is 5.44. The highest BCUT2D eigenvalue weighted by molar-refractivity contribution is 7.93. The Bertz CT molecular complexity index is 1010. The number of benzene rings is 2. The number of para-hydroxylation sites is 1. The number of carbonyl (C=O) groups excluding carboxylic acids is 1. The van der Waals surface area contributed by atoms with E-state index in [1.54, 1.807) is 12.1 Å². The van der Waals surface area contributed by atoms with Crippen LogP contribution >= 0.6 is 0 Å². The van der Waals surface area contributed by atoms with Gasteiger partial charge in [0.05, 0.1) is 18.4 Å². The highest BCUT2D eigenvalue weighted by Crippen LogP contribution is 2.31. The average molecular weight is 390 g/mol. The van der Waals surface area contributed by atoms with E-state index >= 15 is 0 Å². The van der Waals surface area contributed by atoms with Crippen molar-refractivity contribution in [2.75, 3.05) is 18.5 Å². The number of carboxylic acids is 1. The lowest BCUT2D eigenvalue weighted by Gasteiger charge is -2.22. The normalized spacial score (nSPS) is 11.3. The van der Waals surface area contributed by atoms with Gasteiger partial charge in [-0.25, -0.2) is 13.2 Å². The molecule has 0 fully saturated rings. The SMILES string of the molecule is COc1ccc(/C=C\C(=O)O)cc1S(=O)(=O)N(C)c1ccccc1C(N)=O. The van der Waals surface area contributed by atoms with Gasteiger partial charge >= 0.3 is 5.97 Å². The first-order valence-corrected chi connectivity index (χ1v) is 9.09. The molecule has 0 spiro atoms. The van der Waals surface area contributed by atoms with Crippen molar-refractivity contribution >= 4 is 33.7 Å². The van der Waals surface area contributed by atoms with E-state index < -0.39 is 21.9 Å². The van der Waals surface area contributed by atoms with Crippen molar-refractivity contribution in [3.8, 4) is 5.75 Å². The summed E-state index contributed by atoms with van der Waals surface area (Å²) in [5.41, 5.74) is 5.84.